The molecule has 4 nitrogen and oxygen atoms in total. The topological polar surface area (TPSA) is 58.4 Å². The van der Waals surface area contributed by atoms with E-state index in [4.69, 9.17) is 5.73 Å². The summed E-state index contributed by atoms with van der Waals surface area (Å²) < 4.78 is 0. The minimum atomic E-state index is -0.0794. The molecule has 1 aliphatic rings. The molecule has 0 aromatic heterocycles. The van der Waals surface area contributed by atoms with Crippen LogP contribution in [-0.4, -0.2) is 42.5 Å². The number of nitrogens with two attached hydrogens (primary N) is 1. The van der Waals surface area contributed by atoms with Crippen LogP contribution in [0.1, 0.15) is 39.5 Å². The van der Waals surface area contributed by atoms with Gasteiger partial charge in [-0.2, -0.15) is 0 Å². The lowest BCUT2D eigenvalue weighted by Crippen LogP contribution is -2.48. The zero-order chi connectivity index (χ0) is 12.1. The van der Waals surface area contributed by atoms with Crippen LogP contribution < -0.4 is 11.1 Å². The van der Waals surface area contributed by atoms with Crippen LogP contribution in [0, 0.1) is 0 Å². The SMILES string of the molecule is CCN(C)C(=O)C(C)NC1CCC(N)CC1. The van der Waals surface area contributed by atoms with E-state index in [2.05, 4.69) is 5.32 Å². The van der Waals surface area contributed by atoms with Crippen LogP contribution in [0.2, 0.25) is 0 Å². The van der Waals surface area contributed by atoms with E-state index in [0.29, 0.717) is 12.1 Å². The van der Waals surface area contributed by atoms with E-state index in [9.17, 15) is 4.79 Å². The molecule has 0 spiro atoms. The number of likely N-dealkylation sites (N-methyl/N-ethyl adjacent to an activating group) is 1. The highest BCUT2D eigenvalue weighted by atomic mass is 16.2. The van der Waals surface area contributed by atoms with Crippen LogP contribution in [0.25, 0.3) is 0 Å². The van der Waals surface area contributed by atoms with Gasteiger partial charge < -0.3 is 16.0 Å². The zero-order valence-electron chi connectivity index (χ0n) is 10.7. The number of hydrogen-bond donors (Lipinski definition) is 2. The van der Waals surface area contributed by atoms with Gasteiger partial charge in [-0.1, -0.05) is 0 Å². The summed E-state index contributed by atoms with van der Waals surface area (Å²) in [6.07, 6.45) is 4.33. The molecular formula is C12H25N3O. The summed E-state index contributed by atoms with van der Waals surface area (Å²) in [6, 6.07) is 0.746. The molecule has 16 heavy (non-hydrogen) atoms. The molecule has 0 saturated heterocycles. The van der Waals surface area contributed by atoms with Crippen molar-refractivity contribution in [3.8, 4) is 0 Å². The molecule has 0 heterocycles. The second-order valence-corrected chi connectivity index (χ2v) is 4.85. The van der Waals surface area contributed by atoms with E-state index in [1.807, 2.05) is 20.9 Å². The summed E-state index contributed by atoms with van der Waals surface area (Å²) in [5.41, 5.74) is 5.85. The first-order valence-corrected chi connectivity index (χ1v) is 6.31. The fraction of sp³-hybridized carbons (Fsp3) is 0.917. The Morgan fingerprint density at radius 1 is 1.44 bits per heavy atom. The van der Waals surface area contributed by atoms with E-state index in [1.165, 1.54) is 0 Å². The molecule has 1 unspecified atom stereocenters. The van der Waals surface area contributed by atoms with Crippen molar-refractivity contribution in [1.29, 1.82) is 0 Å². The zero-order valence-corrected chi connectivity index (χ0v) is 10.7. The number of hydrogen-bond acceptors (Lipinski definition) is 3. The van der Waals surface area contributed by atoms with Crippen molar-refractivity contribution in [2.45, 2.75) is 57.7 Å². The van der Waals surface area contributed by atoms with Gasteiger partial charge in [0, 0.05) is 25.7 Å². The van der Waals surface area contributed by atoms with Crippen LogP contribution in [0.15, 0.2) is 0 Å². The maximum absolute atomic E-state index is 11.9. The first-order chi connectivity index (χ1) is 7.54. The number of carbonyl (C=O) groups is 1. The molecule has 1 fully saturated rings. The molecule has 1 amide bonds. The van der Waals surface area contributed by atoms with Gasteiger partial charge in [-0.05, 0) is 39.5 Å². The molecule has 0 aliphatic heterocycles. The molecule has 0 radical (unpaired) electrons. The predicted octanol–water partition coefficient (Wildman–Crippen LogP) is 0.713. The second kappa shape index (κ2) is 6.21. The van der Waals surface area contributed by atoms with E-state index in [0.717, 1.165) is 32.2 Å². The average molecular weight is 227 g/mol. The molecule has 3 N–H and O–H groups in total. The molecule has 94 valence electrons. The van der Waals surface area contributed by atoms with Crippen molar-refractivity contribution in [3.05, 3.63) is 0 Å². The van der Waals surface area contributed by atoms with E-state index in [1.54, 1.807) is 4.90 Å². The highest BCUT2D eigenvalue weighted by Crippen LogP contribution is 2.17. The van der Waals surface area contributed by atoms with E-state index in [-0.39, 0.29) is 11.9 Å². The van der Waals surface area contributed by atoms with Gasteiger partial charge in [-0.3, -0.25) is 4.79 Å². The summed E-state index contributed by atoms with van der Waals surface area (Å²) >= 11 is 0. The molecule has 4 heteroatoms. The Morgan fingerprint density at radius 3 is 2.50 bits per heavy atom. The van der Waals surface area contributed by atoms with Crippen LogP contribution in [0.4, 0.5) is 0 Å². The van der Waals surface area contributed by atoms with E-state index < -0.39 is 0 Å². The van der Waals surface area contributed by atoms with Crippen LogP contribution in [0.3, 0.4) is 0 Å². The van der Waals surface area contributed by atoms with Crippen LogP contribution in [0.5, 0.6) is 0 Å². The quantitative estimate of drug-likeness (QED) is 0.744. The number of nitrogens with zero attached hydrogens (tertiary/aromatic N) is 1. The number of nitrogens with one attached hydrogen (secondary N) is 1. The highest BCUT2D eigenvalue weighted by Gasteiger charge is 2.23. The lowest BCUT2D eigenvalue weighted by Gasteiger charge is -2.30. The van der Waals surface area contributed by atoms with Crippen LogP contribution in [-0.2, 0) is 4.79 Å². The van der Waals surface area contributed by atoms with Crippen LogP contribution >= 0.6 is 0 Å². The Bertz CT molecular complexity index is 224. The Hall–Kier alpha value is -0.610. The van der Waals surface area contributed by atoms with Gasteiger partial charge >= 0.3 is 0 Å². The van der Waals surface area contributed by atoms with Crippen molar-refractivity contribution in [2.75, 3.05) is 13.6 Å². The summed E-state index contributed by atoms with van der Waals surface area (Å²) in [6.45, 7) is 4.70. The third-order valence-corrected chi connectivity index (χ3v) is 3.48. The Morgan fingerprint density at radius 2 is 2.00 bits per heavy atom. The third-order valence-electron chi connectivity index (χ3n) is 3.48. The molecule has 0 aromatic rings. The monoisotopic (exact) mass is 227 g/mol. The largest absolute Gasteiger partial charge is 0.345 e. The number of rotatable bonds is 4. The normalized spacial score (nSPS) is 27.5. The second-order valence-electron chi connectivity index (χ2n) is 4.85. The lowest BCUT2D eigenvalue weighted by molar-refractivity contribution is -0.131. The van der Waals surface area contributed by atoms with Gasteiger partial charge in [0.2, 0.25) is 5.91 Å². The molecule has 0 aromatic carbocycles. The molecule has 0 bridgehead atoms. The minimum Gasteiger partial charge on any atom is -0.345 e. The summed E-state index contributed by atoms with van der Waals surface area (Å²) in [4.78, 5) is 13.6. The fourth-order valence-electron chi connectivity index (χ4n) is 2.20. The van der Waals surface area contributed by atoms with Gasteiger partial charge in [-0.25, -0.2) is 0 Å². The summed E-state index contributed by atoms with van der Waals surface area (Å²) in [5.74, 6) is 0.178. The maximum Gasteiger partial charge on any atom is 0.239 e. The summed E-state index contributed by atoms with van der Waals surface area (Å²) in [7, 11) is 1.84. The van der Waals surface area contributed by atoms with Gasteiger partial charge in [0.1, 0.15) is 0 Å². The van der Waals surface area contributed by atoms with Gasteiger partial charge in [0.15, 0.2) is 0 Å². The Balaban J connectivity index is 2.33. The molecule has 1 rings (SSSR count). The first kappa shape index (κ1) is 13.5. The Labute approximate surface area is 98.6 Å². The Kier molecular flexibility index (Phi) is 5.22. The standard InChI is InChI=1S/C12H25N3O/c1-4-15(3)12(16)9(2)14-11-7-5-10(13)6-8-11/h9-11,14H,4-8,13H2,1-3H3. The average Bonchev–Trinajstić information content (AvgIpc) is 2.30. The smallest absolute Gasteiger partial charge is 0.239 e. The van der Waals surface area contributed by atoms with Gasteiger partial charge in [0.25, 0.3) is 0 Å². The summed E-state index contributed by atoms with van der Waals surface area (Å²) in [5, 5.41) is 3.41. The molecule has 1 saturated carbocycles. The van der Waals surface area contributed by atoms with Crippen molar-refractivity contribution in [1.82, 2.24) is 10.2 Å². The minimum absolute atomic E-state index is 0.0794. The predicted molar refractivity (Wildman–Crippen MR) is 66.1 cm³/mol. The first-order valence-electron chi connectivity index (χ1n) is 6.31. The molecular weight excluding hydrogens is 202 g/mol. The molecule has 1 aliphatic carbocycles. The third kappa shape index (κ3) is 3.76. The fourth-order valence-corrected chi connectivity index (χ4v) is 2.20. The van der Waals surface area contributed by atoms with Gasteiger partial charge in [-0.15, -0.1) is 0 Å². The number of amides is 1. The van der Waals surface area contributed by atoms with E-state index >= 15 is 0 Å². The van der Waals surface area contributed by atoms with Gasteiger partial charge in [0.05, 0.1) is 6.04 Å². The van der Waals surface area contributed by atoms with Crippen molar-refractivity contribution in [3.63, 3.8) is 0 Å². The van der Waals surface area contributed by atoms with Crippen molar-refractivity contribution < 1.29 is 4.79 Å². The maximum atomic E-state index is 11.9. The van der Waals surface area contributed by atoms with Crippen molar-refractivity contribution >= 4 is 5.91 Å². The molecule has 1 atom stereocenters. The highest BCUT2D eigenvalue weighted by molar-refractivity contribution is 5.81. The van der Waals surface area contributed by atoms with Crippen molar-refractivity contribution in [2.24, 2.45) is 5.73 Å². The number of carbonyl (C=O) groups excluding carboxylic acids is 1. The lowest BCUT2D eigenvalue weighted by atomic mass is 9.91.